The summed E-state index contributed by atoms with van der Waals surface area (Å²) >= 11 is 0. The summed E-state index contributed by atoms with van der Waals surface area (Å²) in [6.45, 7) is 0. The SMILES string of the molecule is CN(C)C1CCCC2C=CC=[C-]C21.[Ru+2]. The molecule has 1 saturated carbocycles. The standard InChI is InChI=1S/C12H18N.Ru/c1-13(2)12-9-5-7-10-6-3-4-8-11(10)12;/h3-4,6,10-12H,5,7,9H2,1-2H3;/q-1;+2. The summed E-state index contributed by atoms with van der Waals surface area (Å²) < 4.78 is 0. The van der Waals surface area contributed by atoms with E-state index < -0.39 is 0 Å². The number of nitrogens with zero attached hydrogens (tertiary/aromatic N) is 1. The van der Waals surface area contributed by atoms with E-state index in [1.807, 2.05) is 0 Å². The first-order valence-electron chi connectivity index (χ1n) is 5.21. The Bertz CT molecular complexity index is 232. The molecule has 2 heteroatoms. The van der Waals surface area contributed by atoms with Crippen molar-refractivity contribution in [2.45, 2.75) is 25.3 Å². The number of hydrogen-bond donors (Lipinski definition) is 0. The smallest absolute Gasteiger partial charge is 0.307 e. The Kier molecular flexibility index (Phi) is 4.53. The van der Waals surface area contributed by atoms with Gasteiger partial charge in [0, 0.05) is 0 Å². The van der Waals surface area contributed by atoms with Crippen molar-refractivity contribution in [1.82, 2.24) is 4.90 Å². The summed E-state index contributed by atoms with van der Waals surface area (Å²) in [6.07, 6.45) is 14.2. The fourth-order valence-electron chi connectivity index (χ4n) is 2.60. The van der Waals surface area contributed by atoms with Crippen LogP contribution in [0.25, 0.3) is 0 Å². The van der Waals surface area contributed by atoms with Gasteiger partial charge in [0.05, 0.1) is 0 Å². The van der Waals surface area contributed by atoms with Gasteiger partial charge in [0.15, 0.2) is 0 Å². The van der Waals surface area contributed by atoms with Crippen molar-refractivity contribution in [3.8, 4) is 0 Å². The molecule has 0 heterocycles. The van der Waals surface area contributed by atoms with Crippen LogP contribution in [0.2, 0.25) is 0 Å². The van der Waals surface area contributed by atoms with Crippen LogP contribution in [-0.2, 0) is 19.5 Å². The van der Waals surface area contributed by atoms with Gasteiger partial charge in [-0.3, -0.25) is 6.08 Å². The van der Waals surface area contributed by atoms with Crippen LogP contribution in [0, 0.1) is 17.9 Å². The largest absolute Gasteiger partial charge is 2.00 e. The Morgan fingerprint density at radius 2 is 2.07 bits per heavy atom. The molecule has 3 unspecified atom stereocenters. The van der Waals surface area contributed by atoms with Crippen LogP contribution >= 0.6 is 0 Å². The molecule has 0 aromatic heterocycles. The maximum atomic E-state index is 3.50. The molecule has 0 saturated heterocycles. The second-order valence-corrected chi connectivity index (χ2v) is 4.37. The quantitative estimate of drug-likeness (QED) is 0.525. The predicted octanol–water partition coefficient (Wildman–Crippen LogP) is 2.26. The van der Waals surface area contributed by atoms with E-state index in [1.165, 1.54) is 19.3 Å². The van der Waals surface area contributed by atoms with E-state index in [0.29, 0.717) is 12.0 Å². The second-order valence-electron chi connectivity index (χ2n) is 4.37. The fourth-order valence-corrected chi connectivity index (χ4v) is 2.60. The summed E-state index contributed by atoms with van der Waals surface area (Å²) in [6, 6.07) is 0.708. The van der Waals surface area contributed by atoms with Crippen molar-refractivity contribution >= 4 is 0 Å². The molecule has 14 heavy (non-hydrogen) atoms. The molecule has 0 amide bonds. The normalized spacial score (nSPS) is 35.2. The predicted molar refractivity (Wildman–Crippen MR) is 55.3 cm³/mol. The van der Waals surface area contributed by atoms with Gasteiger partial charge < -0.3 is 4.90 Å². The van der Waals surface area contributed by atoms with Crippen LogP contribution in [0.1, 0.15) is 19.3 Å². The molecule has 1 nitrogen and oxygen atoms in total. The first kappa shape index (κ1) is 12.1. The fraction of sp³-hybridized carbons (Fsp3) is 0.667. The Labute approximate surface area is 100 Å². The summed E-state index contributed by atoms with van der Waals surface area (Å²) in [5.74, 6) is 1.40. The number of fused-ring (bicyclic) bond motifs is 1. The molecular formula is C12H18NRu+. The average molecular weight is 277 g/mol. The van der Waals surface area contributed by atoms with E-state index in [4.69, 9.17) is 0 Å². The van der Waals surface area contributed by atoms with Gasteiger partial charge in [-0.05, 0) is 38.9 Å². The molecule has 0 aromatic carbocycles. The molecule has 0 aromatic rings. The molecule has 0 bridgehead atoms. The van der Waals surface area contributed by atoms with Crippen LogP contribution in [0.3, 0.4) is 0 Å². The maximum absolute atomic E-state index is 3.50. The van der Waals surface area contributed by atoms with Crippen molar-refractivity contribution < 1.29 is 19.5 Å². The molecule has 2 aliphatic rings. The molecular weight excluding hydrogens is 259 g/mol. The zero-order valence-corrected chi connectivity index (χ0v) is 10.6. The van der Waals surface area contributed by atoms with Crippen molar-refractivity contribution in [1.29, 1.82) is 0 Å². The minimum Gasteiger partial charge on any atom is -0.307 e. The van der Waals surface area contributed by atoms with Gasteiger partial charge in [0.2, 0.25) is 0 Å². The third-order valence-electron chi connectivity index (χ3n) is 3.32. The molecule has 2 aliphatic carbocycles. The van der Waals surface area contributed by atoms with Crippen molar-refractivity contribution in [3.63, 3.8) is 0 Å². The zero-order valence-electron chi connectivity index (χ0n) is 8.89. The minimum atomic E-state index is 0. The first-order chi connectivity index (χ1) is 6.29. The molecule has 0 N–H and O–H groups in total. The van der Waals surface area contributed by atoms with Crippen molar-refractivity contribution in [2.75, 3.05) is 14.1 Å². The van der Waals surface area contributed by atoms with Crippen LogP contribution in [0.5, 0.6) is 0 Å². The van der Waals surface area contributed by atoms with Crippen LogP contribution in [0.15, 0.2) is 18.2 Å². The van der Waals surface area contributed by atoms with Gasteiger partial charge >= 0.3 is 19.5 Å². The molecule has 1 fully saturated rings. The summed E-state index contributed by atoms with van der Waals surface area (Å²) in [4.78, 5) is 2.36. The van der Waals surface area contributed by atoms with Crippen molar-refractivity contribution in [2.24, 2.45) is 11.8 Å². The first-order valence-corrected chi connectivity index (χ1v) is 5.21. The number of rotatable bonds is 1. The monoisotopic (exact) mass is 278 g/mol. The summed E-state index contributed by atoms with van der Waals surface area (Å²) in [7, 11) is 4.38. The van der Waals surface area contributed by atoms with E-state index in [2.05, 4.69) is 43.3 Å². The number of hydrogen-bond acceptors (Lipinski definition) is 1. The van der Waals surface area contributed by atoms with E-state index >= 15 is 0 Å². The molecule has 0 spiro atoms. The molecule has 0 aliphatic heterocycles. The van der Waals surface area contributed by atoms with Gasteiger partial charge in [0.25, 0.3) is 0 Å². The van der Waals surface area contributed by atoms with Gasteiger partial charge in [-0.25, -0.2) is 12.2 Å². The van der Waals surface area contributed by atoms with Gasteiger partial charge in [0.1, 0.15) is 0 Å². The van der Waals surface area contributed by atoms with Crippen LogP contribution in [0.4, 0.5) is 0 Å². The molecule has 3 atom stereocenters. The second kappa shape index (κ2) is 5.23. The molecule has 0 radical (unpaired) electrons. The topological polar surface area (TPSA) is 3.24 Å². The zero-order chi connectivity index (χ0) is 9.26. The summed E-state index contributed by atoms with van der Waals surface area (Å²) in [5.41, 5.74) is 0. The Balaban J connectivity index is 0.000000980. The van der Waals surface area contributed by atoms with E-state index in [9.17, 15) is 0 Å². The van der Waals surface area contributed by atoms with E-state index in [0.717, 1.165) is 5.92 Å². The third-order valence-corrected chi connectivity index (χ3v) is 3.32. The Morgan fingerprint density at radius 1 is 1.29 bits per heavy atom. The van der Waals surface area contributed by atoms with Gasteiger partial charge in [-0.2, -0.15) is 6.08 Å². The van der Waals surface area contributed by atoms with Gasteiger partial charge in [-0.1, -0.05) is 12.3 Å². The Hall–Kier alpha value is 0.0634. The molecule has 78 valence electrons. The van der Waals surface area contributed by atoms with Crippen LogP contribution < -0.4 is 0 Å². The minimum absolute atomic E-state index is 0. The van der Waals surface area contributed by atoms with E-state index in [1.54, 1.807) is 0 Å². The van der Waals surface area contributed by atoms with E-state index in [-0.39, 0.29) is 19.5 Å². The summed E-state index contributed by atoms with van der Waals surface area (Å²) in [5, 5.41) is 0. The average Bonchev–Trinajstić information content (AvgIpc) is 2.17. The van der Waals surface area contributed by atoms with Crippen LogP contribution in [-0.4, -0.2) is 25.0 Å². The van der Waals surface area contributed by atoms with Crippen molar-refractivity contribution in [3.05, 3.63) is 24.3 Å². The molecule has 2 rings (SSSR count). The third kappa shape index (κ3) is 2.35. The Morgan fingerprint density at radius 3 is 2.79 bits per heavy atom. The van der Waals surface area contributed by atoms with Gasteiger partial charge in [-0.15, -0.1) is 0 Å². The number of allylic oxidation sites excluding steroid dienone is 3. The maximum Gasteiger partial charge on any atom is 2.00 e.